The minimum atomic E-state index is -0.872. The van der Waals surface area contributed by atoms with E-state index < -0.39 is 36.5 Å². The number of unbranched alkanes of at least 4 members (excludes halogenated alkanes) is 6. The Labute approximate surface area is 470 Å². The summed E-state index contributed by atoms with van der Waals surface area (Å²) in [5.74, 6) is -1.96. The highest BCUT2D eigenvalue weighted by Crippen LogP contribution is 2.18. The molecule has 0 saturated carbocycles. The van der Waals surface area contributed by atoms with Crippen molar-refractivity contribution >= 4 is 35.7 Å². The molecule has 1 aliphatic rings. The van der Waals surface area contributed by atoms with Crippen LogP contribution in [0.1, 0.15) is 248 Å². The third-order valence-electron chi connectivity index (χ3n) is 14.8. The van der Waals surface area contributed by atoms with E-state index in [9.17, 15) is 49.2 Å². The van der Waals surface area contributed by atoms with Crippen LogP contribution in [0.3, 0.4) is 0 Å². The Bertz CT molecular complexity index is 1410. The maximum Gasteiger partial charge on any atom is 0.306 e. The molecule has 1 rings (SSSR count). The highest BCUT2D eigenvalue weighted by molar-refractivity contribution is 5.96. The quantitative estimate of drug-likeness (QED) is 0.0190. The molecule has 10 unspecified atom stereocenters. The summed E-state index contributed by atoms with van der Waals surface area (Å²) in [5.41, 5.74) is 0. The van der Waals surface area contributed by atoms with Crippen LogP contribution < -0.4 is 10.6 Å². The molecule has 1 saturated heterocycles. The van der Waals surface area contributed by atoms with Gasteiger partial charge in [0.25, 0.3) is 0 Å². The van der Waals surface area contributed by atoms with E-state index >= 15 is 0 Å². The molecule has 2 amide bonds. The Morgan fingerprint density at radius 3 is 0.859 bits per heavy atom. The van der Waals surface area contributed by atoms with Crippen molar-refractivity contribution in [3.8, 4) is 0 Å². The second-order valence-electron chi connectivity index (χ2n) is 22.1. The van der Waals surface area contributed by atoms with Crippen LogP contribution in [0.15, 0.2) is 0 Å². The van der Waals surface area contributed by atoms with Crippen molar-refractivity contribution in [3.63, 3.8) is 0 Å². The van der Waals surface area contributed by atoms with Crippen molar-refractivity contribution in [3.05, 3.63) is 0 Å². The minimum absolute atomic E-state index is 0.0614. The lowest BCUT2D eigenvalue weighted by molar-refractivity contribution is -0.151. The lowest BCUT2D eigenvalue weighted by Crippen LogP contribution is -2.61. The molecule has 0 bridgehead atoms. The lowest BCUT2D eigenvalue weighted by Gasteiger charge is -2.31. The number of ether oxygens (including phenoxy) is 4. The van der Waals surface area contributed by atoms with Crippen molar-refractivity contribution in [2.75, 3.05) is 39.3 Å². The van der Waals surface area contributed by atoms with E-state index in [1.54, 1.807) is 0 Å². The van der Waals surface area contributed by atoms with E-state index in [4.69, 9.17) is 18.9 Å². The molecule has 6 N–H and O–H groups in total. The van der Waals surface area contributed by atoms with Crippen molar-refractivity contribution in [2.24, 2.45) is 0 Å². The molecule has 18 nitrogen and oxygen atoms in total. The van der Waals surface area contributed by atoms with Gasteiger partial charge in [-0.25, -0.2) is 0 Å². The molecule has 0 aromatic heterocycles. The van der Waals surface area contributed by atoms with Gasteiger partial charge in [0.05, 0.1) is 24.4 Å². The fourth-order valence-corrected chi connectivity index (χ4v) is 9.75. The standard InChI is InChI=1S/C60H112N4O14/c1-9-17-25-49(13-5)75-55(69)35-31-45(65)41-63(42-46(66)32-36-56(70)76-50(14-6)26-18-10-2)39-23-21-29-53-59(73)62-54(60(74)61-53)30-22-24-40-64(43-47(67)33-37-57(71)77-51(15-7)27-19-11-3)44-48(68)34-38-58(72)78-52(16-8)28-20-12-4/h45-54,65-68H,9-44H2,1-8H3,(H,61,74)(H,62,73). The Morgan fingerprint density at radius 2 is 0.641 bits per heavy atom. The van der Waals surface area contributed by atoms with E-state index in [1.165, 1.54) is 0 Å². The maximum atomic E-state index is 13.3. The van der Waals surface area contributed by atoms with E-state index in [2.05, 4.69) is 38.3 Å². The van der Waals surface area contributed by atoms with E-state index in [0.29, 0.717) is 51.6 Å². The summed E-state index contributed by atoms with van der Waals surface area (Å²) >= 11 is 0. The number of carbonyl (C=O) groups is 6. The first-order chi connectivity index (χ1) is 37.4. The topological polar surface area (TPSA) is 251 Å². The van der Waals surface area contributed by atoms with Gasteiger partial charge in [-0.15, -0.1) is 0 Å². The highest BCUT2D eigenvalue weighted by atomic mass is 16.6. The number of rotatable bonds is 50. The van der Waals surface area contributed by atoms with Crippen LogP contribution in [0, 0.1) is 0 Å². The van der Waals surface area contributed by atoms with Crippen molar-refractivity contribution < 1.29 is 68.1 Å². The molecule has 456 valence electrons. The summed E-state index contributed by atoms with van der Waals surface area (Å²) in [7, 11) is 0. The molecule has 78 heavy (non-hydrogen) atoms. The van der Waals surface area contributed by atoms with Gasteiger partial charge in [0.2, 0.25) is 11.8 Å². The summed E-state index contributed by atoms with van der Waals surface area (Å²) in [6.07, 6.45) is 14.0. The minimum Gasteiger partial charge on any atom is -0.462 e. The second-order valence-corrected chi connectivity index (χ2v) is 22.1. The fraction of sp³-hybridized carbons (Fsp3) is 0.900. The van der Waals surface area contributed by atoms with Gasteiger partial charge in [-0.1, -0.05) is 107 Å². The first-order valence-corrected chi connectivity index (χ1v) is 31.0. The summed E-state index contributed by atoms with van der Waals surface area (Å²) in [6.45, 7) is 17.9. The van der Waals surface area contributed by atoms with Crippen LogP contribution in [0.25, 0.3) is 0 Å². The zero-order chi connectivity index (χ0) is 58.1. The number of aliphatic hydroxyl groups is 4. The molecule has 0 aromatic carbocycles. The number of nitrogens with zero attached hydrogens (tertiary/aromatic N) is 2. The normalized spacial score (nSPS) is 17.8. The predicted molar refractivity (Wildman–Crippen MR) is 304 cm³/mol. The molecule has 0 radical (unpaired) electrons. The molecule has 0 spiro atoms. The van der Waals surface area contributed by atoms with Gasteiger partial charge >= 0.3 is 23.9 Å². The number of amides is 2. The van der Waals surface area contributed by atoms with Crippen molar-refractivity contribution in [1.82, 2.24) is 20.4 Å². The van der Waals surface area contributed by atoms with Crippen LogP contribution >= 0.6 is 0 Å². The van der Waals surface area contributed by atoms with E-state index in [0.717, 1.165) is 103 Å². The second kappa shape index (κ2) is 45.2. The average molecular weight is 1110 g/mol. The van der Waals surface area contributed by atoms with Crippen LogP contribution in [0.5, 0.6) is 0 Å². The van der Waals surface area contributed by atoms with Crippen molar-refractivity contribution in [1.29, 1.82) is 0 Å². The van der Waals surface area contributed by atoms with Gasteiger partial charge in [-0.2, -0.15) is 0 Å². The summed E-state index contributed by atoms with van der Waals surface area (Å²) in [5, 5.41) is 50.0. The molecular weight excluding hydrogens is 1000 g/mol. The Kier molecular flexibility index (Phi) is 42.1. The molecule has 1 heterocycles. The van der Waals surface area contributed by atoms with Gasteiger partial charge in [0.15, 0.2) is 0 Å². The van der Waals surface area contributed by atoms with E-state index in [-0.39, 0.29) is 138 Å². The Balaban J connectivity index is 2.86. The van der Waals surface area contributed by atoms with Gasteiger partial charge in [-0.3, -0.25) is 38.6 Å². The number of carbonyl (C=O) groups excluding carboxylic acids is 6. The summed E-state index contributed by atoms with van der Waals surface area (Å²) < 4.78 is 22.6. The summed E-state index contributed by atoms with van der Waals surface area (Å²) in [6, 6.07) is -1.46. The molecule has 1 fully saturated rings. The van der Waals surface area contributed by atoms with Crippen LogP contribution in [0.4, 0.5) is 0 Å². The zero-order valence-corrected chi connectivity index (χ0v) is 50.0. The molecular formula is C60H112N4O14. The molecule has 10 atom stereocenters. The number of aliphatic hydroxyl groups excluding tert-OH is 4. The van der Waals surface area contributed by atoms with Gasteiger partial charge in [-0.05, 0) is 129 Å². The molecule has 18 heteroatoms. The number of esters is 4. The molecule has 0 aliphatic carbocycles. The SMILES string of the molecule is CCCCC(CC)OC(=O)CCC(O)CN(CCCCC1NC(=O)C(CCCCN(CC(O)CCC(=O)OC(CC)CCCC)CC(O)CCC(=O)OC(CC)CCCC)NC1=O)CC(O)CCC(=O)OC(CC)CCCC. The lowest BCUT2D eigenvalue weighted by atomic mass is 10.0. The van der Waals surface area contributed by atoms with Crippen molar-refractivity contribution in [2.45, 2.75) is 309 Å². The highest BCUT2D eigenvalue weighted by Gasteiger charge is 2.33. The van der Waals surface area contributed by atoms with E-state index in [1.807, 2.05) is 37.5 Å². The number of piperazine rings is 1. The Hall–Kier alpha value is -3.42. The zero-order valence-electron chi connectivity index (χ0n) is 50.0. The number of hydrogen-bond acceptors (Lipinski definition) is 16. The Morgan fingerprint density at radius 1 is 0.397 bits per heavy atom. The third-order valence-corrected chi connectivity index (χ3v) is 14.8. The fourth-order valence-electron chi connectivity index (χ4n) is 9.75. The largest absolute Gasteiger partial charge is 0.462 e. The van der Waals surface area contributed by atoms with Crippen LogP contribution in [0.2, 0.25) is 0 Å². The monoisotopic (exact) mass is 1110 g/mol. The van der Waals surface area contributed by atoms with Gasteiger partial charge in [0.1, 0.15) is 36.5 Å². The number of hydrogen-bond donors (Lipinski definition) is 6. The first kappa shape index (κ1) is 72.6. The van der Waals surface area contributed by atoms with Crippen LogP contribution in [-0.4, -0.2) is 166 Å². The van der Waals surface area contributed by atoms with Gasteiger partial charge < -0.3 is 50.0 Å². The van der Waals surface area contributed by atoms with Gasteiger partial charge in [0, 0.05) is 51.9 Å². The maximum absolute atomic E-state index is 13.3. The third kappa shape index (κ3) is 35.3. The average Bonchev–Trinajstić information content (AvgIpc) is 3.42. The molecule has 0 aromatic rings. The first-order valence-electron chi connectivity index (χ1n) is 31.0. The number of nitrogens with one attached hydrogen (secondary N) is 2. The predicted octanol–water partition coefficient (Wildman–Crippen LogP) is 8.53. The molecule has 1 aliphatic heterocycles. The summed E-state index contributed by atoms with van der Waals surface area (Å²) in [4.78, 5) is 81.2. The smallest absolute Gasteiger partial charge is 0.306 e. The van der Waals surface area contributed by atoms with Crippen LogP contribution in [-0.2, 0) is 47.7 Å².